The Morgan fingerprint density at radius 3 is 2.50 bits per heavy atom. The summed E-state index contributed by atoms with van der Waals surface area (Å²) >= 11 is 0. The predicted molar refractivity (Wildman–Crippen MR) is 108 cm³/mol. The zero-order chi connectivity index (χ0) is 18.3. The molecule has 0 radical (unpaired) electrons. The lowest BCUT2D eigenvalue weighted by atomic mass is 10.0. The van der Waals surface area contributed by atoms with Crippen LogP contribution in [-0.2, 0) is 0 Å². The highest BCUT2D eigenvalue weighted by molar-refractivity contribution is 6.10. The third-order valence-electron chi connectivity index (χ3n) is 4.71. The van der Waals surface area contributed by atoms with Crippen LogP contribution in [0.15, 0.2) is 48.7 Å². The topological polar surface area (TPSA) is 51.8 Å². The largest absolute Gasteiger partial charge is 0.382 e. The second kappa shape index (κ2) is 6.16. The molecule has 0 aliphatic heterocycles. The maximum Gasteiger partial charge on any atom is 0.150 e. The minimum Gasteiger partial charge on any atom is -0.382 e. The zero-order valence-corrected chi connectivity index (χ0v) is 15.1. The van der Waals surface area contributed by atoms with Gasteiger partial charge in [0.25, 0.3) is 0 Å². The van der Waals surface area contributed by atoms with Gasteiger partial charge in [-0.25, -0.2) is 4.98 Å². The number of hydrogen-bond donors (Lipinski definition) is 1. The molecule has 4 rings (SSSR count). The number of fused-ring (bicyclic) bond motifs is 3. The number of para-hydroxylation sites is 1. The number of anilines is 1. The fourth-order valence-corrected chi connectivity index (χ4v) is 3.31. The normalized spacial score (nSPS) is 10.7. The van der Waals surface area contributed by atoms with Crippen molar-refractivity contribution in [1.29, 1.82) is 0 Å². The third kappa shape index (κ3) is 2.66. The second-order valence-corrected chi connectivity index (χ2v) is 6.60. The maximum absolute atomic E-state index is 6.13. The summed E-state index contributed by atoms with van der Waals surface area (Å²) in [5, 5.41) is 2.08. The van der Waals surface area contributed by atoms with Crippen LogP contribution in [0.25, 0.3) is 21.8 Å². The van der Waals surface area contributed by atoms with Gasteiger partial charge in [0.1, 0.15) is 5.52 Å². The minimum absolute atomic E-state index is 0.454. The molecule has 0 saturated carbocycles. The average Bonchev–Trinajstić information content (AvgIpc) is 2.62. The molecule has 4 aromatic rings. The lowest BCUT2D eigenvalue weighted by Gasteiger charge is -2.09. The maximum atomic E-state index is 6.13. The van der Waals surface area contributed by atoms with Gasteiger partial charge in [0.05, 0.1) is 5.52 Å². The number of pyridine rings is 2. The van der Waals surface area contributed by atoms with E-state index in [9.17, 15) is 0 Å². The molecule has 0 fully saturated rings. The van der Waals surface area contributed by atoms with Crippen molar-refractivity contribution >= 4 is 27.6 Å². The highest BCUT2D eigenvalue weighted by Gasteiger charge is 2.11. The molecule has 2 N–H and O–H groups in total. The number of aryl methyl sites for hydroxylation is 3. The Morgan fingerprint density at radius 1 is 0.923 bits per heavy atom. The number of aromatic nitrogens is 2. The molecule has 0 aliphatic carbocycles. The van der Waals surface area contributed by atoms with E-state index in [1.54, 1.807) is 6.20 Å². The molecule has 2 heterocycles. The van der Waals surface area contributed by atoms with Crippen LogP contribution in [-0.4, -0.2) is 9.97 Å². The van der Waals surface area contributed by atoms with Gasteiger partial charge >= 0.3 is 0 Å². The number of rotatable bonds is 0. The SMILES string of the molecule is Cc1ccc(C#Cc2cnc3c(N)nc4ccccc4c3c2C)c(C)c1. The molecule has 0 atom stereocenters. The monoisotopic (exact) mass is 337 g/mol. The van der Waals surface area contributed by atoms with Gasteiger partial charge in [-0.1, -0.05) is 47.7 Å². The molecule has 0 bridgehead atoms. The summed E-state index contributed by atoms with van der Waals surface area (Å²) in [5.74, 6) is 7.03. The molecular formula is C23H19N3. The van der Waals surface area contributed by atoms with Crippen LogP contribution >= 0.6 is 0 Å². The average molecular weight is 337 g/mol. The molecule has 3 heteroatoms. The van der Waals surface area contributed by atoms with Crippen molar-refractivity contribution in [3.8, 4) is 11.8 Å². The molecule has 0 aliphatic rings. The van der Waals surface area contributed by atoms with Crippen molar-refractivity contribution in [3.63, 3.8) is 0 Å². The summed E-state index contributed by atoms with van der Waals surface area (Å²) in [4.78, 5) is 9.02. The van der Waals surface area contributed by atoms with Gasteiger partial charge in [-0.05, 0) is 44.0 Å². The lowest BCUT2D eigenvalue weighted by molar-refractivity contribution is 1.32. The van der Waals surface area contributed by atoms with Crippen molar-refractivity contribution < 1.29 is 0 Å². The Bertz CT molecular complexity index is 1230. The van der Waals surface area contributed by atoms with Crippen molar-refractivity contribution in [2.24, 2.45) is 0 Å². The molecule has 26 heavy (non-hydrogen) atoms. The van der Waals surface area contributed by atoms with Crippen molar-refractivity contribution in [2.45, 2.75) is 20.8 Å². The number of nitrogens with two attached hydrogens (primary N) is 1. The number of nitrogen functional groups attached to an aromatic ring is 1. The van der Waals surface area contributed by atoms with Gasteiger partial charge in [-0.15, -0.1) is 0 Å². The number of hydrogen-bond acceptors (Lipinski definition) is 3. The Kier molecular flexibility index (Phi) is 3.82. The summed E-state index contributed by atoms with van der Waals surface area (Å²) in [7, 11) is 0. The minimum atomic E-state index is 0.454. The van der Waals surface area contributed by atoms with E-state index < -0.39 is 0 Å². The summed E-state index contributed by atoms with van der Waals surface area (Å²) in [5.41, 5.74) is 13.2. The number of nitrogens with zero attached hydrogens (tertiary/aromatic N) is 2. The van der Waals surface area contributed by atoms with Crippen molar-refractivity contribution in [2.75, 3.05) is 5.73 Å². The van der Waals surface area contributed by atoms with E-state index in [1.165, 1.54) is 11.1 Å². The molecule has 126 valence electrons. The summed E-state index contributed by atoms with van der Waals surface area (Å²) in [6.07, 6.45) is 1.79. The Labute approximate surface area is 152 Å². The first kappa shape index (κ1) is 16.1. The summed E-state index contributed by atoms with van der Waals surface area (Å²) in [6.45, 7) is 6.25. The summed E-state index contributed by atoms with van der Waals surface area (Å²) in [6, 6.07) is 14.3. The molecule has 2 aromatic heterocycles. The fraction of sp³-hybridized carbons (Fsp3) is 0.130. The third-order valence-corrected chi connectivity index (χ3v) is 4.71. The highest BCUT2D eigenvalue weighted by atomic mass is 14.9. The molecule has 3 nitrogen and oxygen atoms in total. The van der Waals surface area contributed by atoms with Crippen LogP contribution in [0.4, 0.5) is 5.82 Å². The van der Waals surface area contributed by atoms with Crippen LogP contribution in [0, 0.1) is 32.6 Å². The first-order valence-electron chi connectivity index (χ1n) is 8.57. The second-order valence-electron chi connectivity index (χ2n) is 6.60. The molecule has 0 amide bonds. The number of benzene rings is 2. The Morgan fingerprint density at radius 2 is 1.69 bits per heavy atom. The van der Waals surface area contributed by atoms with E-state index in [-0.39, 0.29) is 0 Å². The van der Waals surface area contributed by atoms with E-state index in [4.69, 9.17) is 5.73 Å². The summed E-state index contributed by atoms with van der Waals surface area (Å²) < 4.78 is 0. The molecular weight excluding hydrogens is 318 g/mol. The van der Waals surface area contributed by atoms with Gasteiger partial charge < -0.3 is 5.73 Å². The van der Waals surface area contributed by atoms with Crippen LogP contribution in [0.1, 0.15) is 27.8 Å². The van der Waals surface area contributed by atoms with Crippen molar-refractivity contribution in [3.05, 3.63) is 76.5 Å². The van der Waals surface area contributed by atoms with Gasteiger partial charge in [-0.3, -0.25) is 4.98 Å². The van der Waals surface area contributed by atoms with Gasteiger partial charge in [0.2, 0.25) is 0 Å². The standard InChI is InChI=1S/C23H19N3/c1-14-8-9-17(15(2)12-14)10-11-18-13-25-22-21(16(18)3)19-6-4-5-7-20(19)26-23(22)24/h4-9,12-13H,1-3H3,(H2,24,26). The van der Waals surface area contributed by atoms with E-state index >= 15 is 0 Å². The smallest absolute Gasteiger partial charge is 0.150 e. The first-order chi connectivity index (χ1) is 12.5. The van der Waals surface area contributed by atoms with Crippen LogP contribution in [0.2, 0.25) is 0 Å². The van der Waals surface area contributed by atoms with Gasteiger partial charge in [-0.2, -0.15) is 0 Å². The van der Waals surface area contributed by atoms with Crippen LogP contribution in [0.5, 0.6) is 0 Å². The fourth-order valence-electron chi connectivity index (χ4n) is 3.31. The first-order valence-corrected chi connectivity index (χ1v) is 8.57. The van der Waals surface area contributed by atoms with E-state index in [2.05, 4.69) is 66.8 Å². The highest BCUT2D eigenvalue weighted by Crippen LogP contribution is 2.30. The zero-order valence-electron chi connectivity index (χ0n) is 15.1. The molecule has 0 spiro atoms. The van der Waals surface area contributed by atoms with Gasteiger partial charge in [0.15, 0.2) is 5.82 Å². The van der Waals surface area contributed by atoms with Crippen molar-refractivity contribution in [1.82, 2.24) is 9.97 Å². The quantitative estimate of drug-likeness (QED) is 0.374. The van der Waals surface area contributed by atoms with E-state index in [0.717, 1.165) is 38.5 Å². The van der Waals surface area contributed by atoms with E-state index in [0.29, 0.717) is 5.82 Å². The predicted octanol–water partition coefficient (Wildman–Crippen LogP) is 4.69. The molecule has 0 unspecified atom stereocenters. The Balaban J connectivity index is 1.94. The Hall–Kier alpha value is -3.38. The van der Waals surface area contributed by atoms with Crippen LogP contribution < -0.4 is 5.73 Å². The molecule has 2 aromatic carbocycles. The van der Waals surface area contributed by atoms with Gasteiger partial charge in [0, 0.05) is 28.1 Å². The lowest BCUT2D eigenvalue weighted by Crippen LogP contribution is -1.98. The van der Waals surface area contributed by atoms with Crippen LogP contribution in [0.3, 0.4) is 0 Å². The molecule has 0 saturated heterocycles. The van der Waals surface area contributed by atoms with E-state index in [1.807, 2.05) is 18.2 Å².